The number of amides is 1. The fraction of sp³-hybridized carbons (Fsp3) is 0.300. The molecule has 1 amide bonds. The number of aryl methyl sites for hydroxylation is 1. The number of rotatable bonds is 4. The molecule has 0 fully saturated rings. The molecule has 3 rings (SSSR count). The molecule has 0 radical (unpaired) electrons. The van der Waals surface area contributed by atoms with E-state index in [-0.39, 0.29) is 34.1 Å². The van der Waals surface area contributed by atoms with Crippen molar-refractivity contribution in [3.8, 4) is 0 Å². The molecule has 0 bridgehead atoms. The molecule has 0 heterocycles. The molecule has 0 aliphatic heterocycles. The van der Waals surface area contributed by atoms with E-state index in [0.717, 1.165) is 23.6 Å². The number of carboxylic acids is 1. The lowest BCUT2D eigenvalue weighted by molar-refractivity contribution is 0.0605. The summed E-state index contributed by atoms with van der Waals surface area (Å²) in [5, 5.41) is 9.46. The first kappa shape index (κ1) is 18.4. The van der Waals surface area contributed by atoms with E-state index in [4.69, 9.17) is 11.6 Å². The van der Waals surface area contributed by atoms with Crippen LogP contribution in [0.5, 0.6) is 0 Å². The minimum Gasteiger partial charge on any atom is -0.478 e. The number of carbonyl (C=O) groups is 2. The molecule has 2 aromatic carbocycles. The number of nitrogens with zero attached hydrogens (tertiary/aromatic N) is 1. The number of hydrogen-bond acceptors (Lipinski definition) is 2. The number of carbonyl (C=O) groups excluding carboxylic acids is 1. The van der Waals surface area contributed by atoms with Gasteiger partial charge in [0.1, 0.15) is 5.82 Å². The Morgan fingerprint density at radius 1 is 1.23 bits per heavy atom. The average Bonchev–Trinajstić information content (AvgIpc) is 2.99. The maximum Gasteiger partial charge on any atom is 0.335 e. The van der Waals surface area contributed by atoms with E-state index < -0.39 is 11.8 Å². The molecule has 1 aliphatic rings. The van der Waals surface area contributed by atoms with Crippen molar-refractivity contribution < 1.29 is 19.1 Å². The Hall–Kier alpha value is -2.40. The van der Waals surface area contributed by atoms with Gasteiger partial charge in [-0.2, -0.15) is 0 Å². The molecule has 26 heavy (non-hydrogen) atoms. The molecule has 1 N–H and O–H groups in total. The summed E-state index contributed by atoms with van der Waals surface area (Å²) in [6.45, 7) is 3.76. The van der Waals surface area contributed by atoms with Gasteiger partial charge < -0.3 is 10.0 Å². The molecule has 0 spiro atoms. The number of carboxylic acid groups (broad SMARTS) is 1. The molecule has 2 aromatic rings. The smallest absolute Gasteiger partial charge is 0.335 e. The second-order valence-electron chi connectivity index (χ2n) is 6.70. The van der Waals surface area contributed by atoms with Crippen molar-refractivity contribution in [2.24, 2.45) is 0 Å². The fourth-order valence-corrected chi connectivity index (χ4v) is 3.74. The summed E-state index contributed by atoms with van der Waals surface area (Å²) in [6.07, 6.45) is 1.45. The molecule has 1 unspecified atom stereocenters. The third kappa shape index (κ3) is 3.31. The van der Waals surface area contributed by atoms with Crippen LogP contribution in [0.2, 0.25) is 5.02 Å². The van der Waals surface area contributed by atoms with Crippen LogP contribution < -0.4 is 0 Å². The summed E-state index contributed by atoms with van der Waals surface area (Å²) in [6, 6.07) is 8.30. The number of fused-ring (bicyclic) bond motifs is 1. The van der Waals surface area contributed by atoms with Gasteiger partial charge in [-0.25, -0.2) is 9.18 Å². The zero-order valence-corrected chi connectivity index (χ0v) is 15.3. The number of hydrogen-bond donors (Lipinski definition) is 1. The van der Waals surface area contributed by atoms with Gasteiger partial charge >= 0.3 is 5.97 Å². The molecule has 0 saturated carbocycles. The first-order chi connectivity index (χ1) is 12.3. The Morgan fingerprint density at radius 3 is 2.62 bits per heavy atom. The zero-order chi connectivity index (χ0) is 19.0. The van der Waals surface area contributed by atoms with Crippen molar-refractivity contribution in [3.63, 3.8) is 0 Å². The van der Waals surface area contributed by atoms with Crippen LogP contribution in [-0.2, 0) is 6.42 Å². The second-order valence-corrected chi connectivity index (χ2v) is 7.11. The van der Waals surface area contributed by atoms with E-state index >= 15 is 0 Å². The van der Waals surface area contributed by atoms with Crippen molar-refractivity contribution in [3.05, 3.63) is 69.5 Å². The Kier molecular flexibility index (Phi) is 5.01. The average molecular weight is 376 g/mol. The highest BCUT2D eigenvalue weighted by Crippen LogP contribution is 2.38. The predicted molar refractivity (Wildman–Crippen MR) is 97.2 cm³/mol. The SMILES string of the molecule is CC(C)N(C(=O)c1cc(F)ccc1Cl)C1CCc2ccc(C(=O)O)cc21. The third-order valence-electron chi connectivity index (χ3n) is 4.72. The highest BCUT2D eigenvalue weighted by atomic mass is 35.5. The summed E-state index contributed by atoms with van der Waals surface area (Å²) in [7, 11) is 0. The van der Waals surface area contributed by atoms with Crippen LogP contribution in [0.15, 0.2) is 36.4 Å². The molecule has 0 saturated heterocycles. The van der Waals surface area contributed by atoms with E-state index in [1.165, 1.54) is 12.1 Å². The van der Waals surface area contributed by atoms with Gasteiger partial charge in [-0.3, -0.25) is 4.79 Å². The van der Waals surface area contributed by atoms with Gasteiger partial charge in [0.25, 0.3) is 5.91 Å². The van der Waals surface area contributed by atoms with Gasteiger partial charge in [0, 0.05) is 6.04 Å². The van der Waals surface area contributed by atoms with E-state index in [2.05, 4.69) is 0 Å². The van der Waals surface area contributed by atoms with Crippen molar-refractivity contribution >= 4 is 23.5 Å². The predicted octanol–water partition coefficient (Wildman–Crippen LogP) is 4.72. The van der Waals surface area contributed by atoms with E-state index in [1.54, 1.807) is 23.1 Å². The maximum atomic E-state index is 13.6. The lowest BCUT2D eigenvalue weighted by Gasteiger charge is -2.34. The molecule has 0 aromatic heterocycles. The lowest BCUT2D eigenvalue weighted by atomic mass is 10.0. The highest BCUT2D eigenvalue weighted by molar-refractivity contribution is 6.33. The number of benzene rings is 2. The summed E-state index contributed by atoms with van der Waals surface area (Å²) in [4.78, 5) is 26.1. The molecule has 136 valence electrons. The van der Waals surface area contributed by atoms with Gasteiger partial charge in [-0.05, 0) is 68.1 Å². The molecular weight excluding hydrogens is 357 g/mol. The highest BCUT2D eigenvalue weighted by Gasteiger charge is 2.34. The van der Waals surface area contributed by atoms with Gasteiger partial charge in [-0.1, -0.05) is 17.7 Å². The Labute approximate surface area is 156 Å². The topological polar surface area (TPSA) is 57.6 Å². The van der Waals surface area contributed by atoms with Crippen molar-refractivity contribution in [2.45, 2.75) is 38.8 Å². The van der Waals surface area contributed by atoms with E-state index in [9.17, 15) is 19.1 Å². The first-order valence-corrected chi connectivity index (χ1v) is 8.81. The first-order valence-electron chi connectivity index (χ1n) is 8.43. The minimum absolute atomic E-state index is 0.114. The Morgan fingerprint density at radius 2 is 1.96 bits per heavy atom. The standard InChI is InChI=1S/C20H19ClFNO3/c1-11(2)23(19(24)16-10-14(22)6-7-17(16)21)18-8-5-12-3-4-13(20(25)26)9-15(12)18/h3-4,6-7,9-11,18H,5,8H2,1-2H3,(H,25,26). The largest absolute Gasteiger partial charge is 0.478 e. The Balaban J connectivity index is 2.03. The van der Waals surface area contributed by atoms with Crippen molar-refractivity contribution in [1.82, 2.24) is 4.90 Å². The maximum absolute atomic E-state index is 13.6. The van der Waals surface area contributed by atoms with Crippen LogP contribution >= 0.6 is 11.6 Å². The summed E-state index contributed by atoms with van der Waals surface area (Å²) in [5.41, 5.74) is 2.17. The fourth-order valence-electron chi connectivity index (χ4n) is 3.54. The van der Waals surface area contributed by atoms with Crippen LogP contribution in [0.4, 0.5) is 4.39 Å². The van der Waals surface area contributed by atoms with Crippen LogP contribution in [0.25, 0.3) is 0 Å². The summed E-state index contributed by atoms with van der Waals surface area (Å²) < 4.78 is 13.6. The van der Waals surface area contributed by atoms with Crippen molar-refractivity contribution in [1.29, 1.82) is 0 Å². The molecule has 6 heteroatoms. The summed E-state index contributed by atoms with van der Waals surface area (Å²) >= 11 is 6.12. The quantitative estimate of drug-likeness (QED) is 0.841. The normalized spacial score (nSPS) is 15.8. The summed E-state index contributed by atoms with van der Waals surface area (Å²) in [5.74, 6) is -1.89. The van der Waals surface area contributed by atoms with Crippen LogP contribution in [0.1, 0.15) is 58.2 Å². The van der Waals surface area contributed by atoms with E-state index in [0.29, 0.717) is 6.42 Å². The lowest BCUT2D eigenvalue weighted by Crippen LogP contribution is -2.39. The second kappa shape index (κ2) is 7.08. The number of halogens is 2. The minimum atomic E-state index is -1.01. The van der Waals surface area contributed by atoms with Gasteiger partial charge in [0.05, 0.1) is 22.2 Å². The molecule has 1 aliphatic carbocycles. The zero-order valence-electron chi connectivity index (χ0n) is 14.5. The van der Waals surface area contributed by atoms with Crippen LogP contribution in [-0.4, -0.2) is 27.9 Å². The third-order valence-corrected chi connectivity index (χ3v) is 5.05. The van der Waals surface area contributed by atoms with E-state index in [1.807, 2.05) is 13.8 Å². The molecule has 4 nitrogen and oxygen atoms in total. The van der Waals surface area contributed by atoms with Gasteiger partial charge in [-0.15, -0.1) is 0 Å². The van der Waals surface area contributed by atoms with Gasteiger partial charge in [0.2, 0.25) is 0 Å². The number of aromatic carboxylic acids is 1. The van der Waals surface area contributed by atoms with Crippen LogP contribution in [0.3, 0.4) is 0 Å². The van der Waals surface area contributed by atoms with Crippen molar-refractivity contribution in [2.75, 3.05) is 0 Å². The monoisotopic (exact) mass is 375 g/mol. The van der Waals surface area contributed by atoms with Crippen LogP contribution in [0, 0.1) is 5.82 Å². The molecular formula is C20H19ClFNO3. The molecule has 1 atom stereocenters. The van der Waals surface area contributed by atoms with Gasteiger partial charge in [0.15, 0.2) is 0 Å². The Bertz CT molecular complexity index is 881.